The van der Waals surface area contributed by atoms with Gasteiger partial charge in [0.1, 0.15) is 11.4 Å². The third kappa shape index (κ3) is 5.74. The maximum atomic E-state index is 13.0. The smallest absolute Gasteiger partial charge is 0.433 e. The highest BCUT2D eigenvalue weighted by atomic mass is 19.4. The molecule has 37 heavy (non-hydrogen) atoms. The number of nitrogens with zero attached hydrogens (tertiary/aromatic N) is 3. The van der Waals surface area contributed by atoms with Crippen molar-refractivity contribution in [1.82, 2.24) is 20.1 Å². The molecule has 0 unspecified atom stereocenters. The fourth-order valence-corrected chi connectivity index (χ4v) is 5.40. The lowest BCUT2D eigenvalue weighted by Crippen LogP contribution is -2.49. The molecule has 1 aromatic carbocycles. The number of likely N-dealkylation sites (tertiary alicyclic amines) is 2. The van der Waals surface area contributed by atoms with Gasteiger partial charge in [-0.3, -0.25) is 19.5 Å². The third-order valence-corrected chi connectivity index (χ3v) is 7.52. The molecule has 2 fully saturated rings. The van der Waals surface area contributed by atoms with Crippen LogP contribution in [0.1, 0.15) is 65.5 Å². The monoisotopic (exact) mass is 518 g/mol. The molecule has 1 N–H and O–H groups in total. The first-order valence-electron chi connectivity index (χ1n) is 12.5. The molecule has 4 rings (SSSR count). The van der Waals surface area contributed by atoms with Crippen LogP contribution in [0, 0.1) is 13.8 Å². The van der Waals surface area contributed by atoms with Crippen molar-refractivity contribution in [2.24, 2.45) is 0 Å². The van der Waals surface area contributed by atoms with Crippen LogP contribution in [0.2, 0.25) is 0 Å². The quantitative estimate of drug-likeness (QED) is 0.528. The van der Waals surface area contributed by atoms with Crippen LogP contribution in [0.5, 0.6) is 5.75 Å². The topological polar surface area (TPSA) is 74.8 Å². The molecule has 3 heterocycles. The van der Waals surface area contributed by atoms with Gasteiger partial charge in [-0.2, -0.15) is 13.2 Å². The van der Waals surface area contributed by atoms with Crippen molar-refractivity contribution in [3.8, 4) is 5.75 Å². The number of piperazine rings is 1. The van der Waals surface area contributed by atoms with Crippen molar-refractivity contribution in [3.63, 3.8) is 0 Å². The van der Waals surface area contributed by atoms with E-state index < -0.39 is 11.9 Å². The number of rotatable bonds is 8. The number of halogens is 3. The van der Waals surface area contributed by atoms with E-state index in [1.54, 1.807) is 4.90 Å². The largest absolute Gasteiger partial charge is 0.493 e. The van der Waals surface area contributed by atoms with E-state index in [0.29, 0.717) is 26.2 Å². The van der Waals surface area contributed by atoms with E-state index in [4.69, 9.17) is 4.74 Å². The second-order valence-electron chi connectivity index (χ2n) is 9.89. The Morgan fingerprint density at radius 1 is 1.14 bits per heavy atom. The van der Waals surface area contributed by atoms with Crippen molar-refractivity contribution in [3.05, 3.63) is 58.4 Å². The van der Waals surface area contributed by atoms with Gasteiger partial charge in [-0.25, -0.2) is 0 Å². The fourth-order valence-electron chi connectivity index (χ4n) is 5.40. The Balaban J connectivity index is 1.37. The van der Waals surface area contributed by atoms with E-state index in [-0.39, 0.29) is 35.5 Å². The molecule has 2 aliphatic heterocycles. The number of benzene rings is 1. The van der Waals surface area contributed by atoms with Crippen LogP contribution in [0.4, 0.5) is 13.2 Å². The van der Waals surface area contributed by atoms with Crippen LogP contribution >= 0.6 is 0 Å². The van der Waals surface area contributed by atoms with Gasteiger partial charge in [-0.1, -0.05) is 6.07 Å². The number of alkyl halides is 3. The van der Waals surface area contributed by atoms with Crippen molar-refractivity contribution < 1.29 is 27.5 Å². The van der Waals surface area contributed by atoms with E-state index in [1.807, 2.05) is 13.0 Å². The van der Waals surface area contributed by atoms with Crippen molar-refractivity contribution in [2.75, 3.05) is 26.2 Å². The minimum absolute atomic E-state index is 0.0230. The molecule has 2 aliphatic rings. The Bertz CT molecular complexity index is 1150. The van der Waals surface area contributed by atoms with E-state index in [1.165, 1.54) is 24.1 Å². The number of aromatic nitrogens is 1. The summed E-state index contributed by atoms with van der Waals surface area (Å²) in [6, 6.07) is 6.52. The second-order valence-corrected chi connectivity index (χ2v) is 9.89. The van der Waals surface area contributed by atoms with E-state index in [2.05, 4.69) is 35.1 Å². The summed E-state index contributed by atoms with van der Waals surface area (Å²) >= 11 is 0. The summed E-state index contributed by atoms with van der Waals surface area (Å²) in [6.45, 7) is 10.2. The zero-order chi connectivity index (χ0) is 26.9. The fraction of sp³-hybridized carbons (Fsp3) is 0.519. The molecule has 10 heteroatoms. The van der Waals surface area contributed by atoms with Crippen molar-refractivity contribution in [1.29, 1.82) is 0 Å². The molecule has 7 nitrogen and oxygen atoms in total. The Kier molecular flexibility index (Phi) is 7.77. The predicted octanol–water partition coefficient (Wildman–Crippen LogP) is 4.28. The van der Waals surface area contributed by atoms with Gasteiger partial charge < -0.3 is 15.0 Å². The first kappa shape index (κ1) is 26.9. The van der Waals surface area contributed by atoms with Crippen LogP contribution < -0.4 is 10.1 Å². The standard InChI is InChI=1S/C27H33F3N4O3/c1-16-17(2)24(37-11-5-10-31-19(4)35)8-7-23(16)18(3)33-14-22-12-21(33)15-34(22)26(36)20-6-9-25(32-13-20)27(28,29)30/h6-9,13,18,21-22H,5,10-12,14-15H2,1-4H3,(H,31,35)/t18-,21-,22-/m0/s1. The number of hydrogen-bond acceptors (Lipinski definition) is 5. The number of carbonyl (C=O) groups is 2. The van der Waals surface area contributed by atoms with Gasteiger partial charge in [0.05, 0.1) is 12.2 Å². The highest BCUT2D eigenvalue weighted by molar-refractivity contribution is 5.94. The molecular formula is C27H33F3N4O3. The lowest BCUT2D eigenvalue weighted by atomic mass is 9.96. The second kappa shape index (κ2) is 10.7. The first-order valence-corrected chi connectivity index (χ1v) is 12.5. The van der Waals surface area contributed by atoms with Gasteiger partial charge in [0.15, 0.2) is 0 Å². The third-order valence-electron chi connectivity index (χ3n) is 7.52. The number of ether oxygens (including phenoxy) is 1. The molecule has 200 valence electrons. The first-order chi connectivity index (χ1) is 17.5. The number of carbonyl (C=O) groups excluding carboxylic acids is 2. The Morgan fingerprint density at radius 3 is 2.49 bits per heavy atom. The number of amides is 2. The van der Waals surface area contributed by atoms with Gasteiger partial charge >= 0.3 is 6.18 Å². The SMILES string of the molecule is CC(=O)NCCCOc1ccc([C@H](C)N2C[C@@H]3C[C@H]2CN3C(=O)c2ccc(C(F)(F)F)nc2)c(C)c1C. The lowest BCUT2D eigenvalue weighted by Gasteiger charge is -2.38. The van der Waals surface area contributed by atoms with Gasteiger partial charge in [-0.15, -0.1) is 0 Å². The minimum Gasteiger partial charge on any atom is -0.493 e. The summed E-state index contributed by atoms with van der Waals surface area (Å²) in [6.07, 6.45) is -1.94. The van der Waals surface area contributed by atoms with E-state index in [9.17, 15) is 22.8 Å². The predicted molar refractivity (Wildman–Crippen MR) is 132 cm³/mol. The zero-order valence-electron chi connectivity index (χ0n) is 21.6. The van der Waals surface area contributed by atoms with Crippen molar-refractivity contribution >= 4 is 11.8 Å². The van der Waals surface area contributed by atoms with Gasteiger partial charge in [0, 0.05) is 50.9 Å². The summed E-state index contributed by atoms with van der Waals surface area (Å²) in [5.74, 6) is 0.513. The Morgan fingerprint density at radius 2 is 1.89 bits per heavy atom. The summed E-state index contributed by atoms with van der Waals surface area (Å²) in [5.41, 5.74) is 2.64. The maximum Gasteiger partial charge on any atom is 0.433 e. The molecule has 2 amide bonds. The molecule has 1 aromatic heterocycles. The molecule has 0 radical (unpaired) electrons. The van der Waals surface area contributed by atoms with Crippen LogP contribution in [-0.2, 0) is 11.0 Å². The summed E-state index contributed by atoms with van der Waals surface area (Å²) < 4.78 is 44.3. The number of pyridine rings is 1. The summed E-state index contributed by atoms with van der Waals surface area (Å²) in [4.78, 5) is 31.6. The highest BCUT2D eigenvalue weighted by Crippen LogP contribution is 2.39. The van der Waals surface area contributed by atoms with E-state index >= 15 is 0 Å². The van der Waals surface area contributed by atoms with Gasteiger partial charge in [0.25, 0.3) is 5.91 Å². The van der Waals surface area contributed by atoms with Crippen molar-refractivity contribution in [2.45, 2.75) is 64.8 Å². The lowest BCUT2D eigenvalue weighted by molar-refractivity contribution is -0.141. The molecule has 2 saturated heterocycles. The zero-order valence-corrected chi connectivity index (χ0v) is 21.6. The minimum atomic E-state index is -4.53. The van der Waals surface area contributed by atoms with Crippen LogP contribution in [0.3, 0.4) is 0 Å². The van der Waals surface area contributed by atoms with E-state index in [0.717, 1.165) is 36.4 Å². The molecule has 0 aliphatic carbocycles. The Hall–Kier alpha value is -3.14. The summed E-state index contributed by atoms with van der Waals surface area (Å²) in [5, 5.41) is 2.76. The van der Waals surface area contributed by atoms with Crippen LogP contribution in [0.15, 0.2) is 30.5 Å². The molecule has 0 spiro atoms. The molecule has 2 bridgehead atoms. The highest BCUT2D eigenvalue weighted by Gasteiger charge is 2.47. The molecule has 2 aromatic rings. The van der Waals surface area contributed by atoms with Crippen LogP contribution in [0.25, 0.3) is 0 Å². The average Bonchev–Trinajstić information content (AvgIpc) is 3.46. The average molecular weight is 519 g/mol. The van der Waals surface area contributed by atoms with Crippen LogP contribution in [-0.4, -0.2) is 64.9 Å². The Labute approximate surface area is 215 Å². The molecule has 0 saturated carbocycles. The molecule has 3 atom stereocenters. The summed E-state index contributed by atoms with van der Waals surface area (Å²) in [7, 11) is 0. The maximum absolute atomic E-state index is 13.0. The number of fused-ring (bicyclic) bond motifs is 2. The number of hydrogen-bond donors (Lipinski definition) is 1. The van der Waals surface area contributed by atoms with Gasteiger partial charge in [-0.05, 0) is 68.5 Å². The molecular weight excluding hydrogens is 485 g/mol. The number of nitrogens with one attached hydrogen (secondary N) is 1. The normalized spacial score (nSPS) is 20.2. The van der Waals surface area contributed by atoms with Gasteiger partial charge in [0.2, 0.25) is 5.91 Å².